The predicted molar refractivity (Wildman–Crippen MR) is 60.1 cm³/mol. The molecule has 0 aliphatic rings. The number of hydrogen-bond donors (Lipinski definition) is 2. The van der Waals surface area contributed by atoms with Crippen LogP contribution >= 0.6 is 0 Å². The van der Waals surface area contributed by atoms with E-state index in [1.807, 2.05) is 24.3 Å². The Morgan fingerprint density at radius 2 is 2.00 bits per heavy atom. The minimum Gasteiger partial charge on any atom is -0.478 e. The van der Waals surface area contributed by atoms with Crippen molar-refractivity contribution in [1.29, 1.82) is 0 Å². The highest BCUT2D eigenvalue weighted by atomic mass is 16.4. The Hall–Kier alpha value is -2.03. The molecule has 3 N–H and O–H groups in total. The number of carboxylic acid groups (broad SMARTS) is 1. The fourth-order valence-electron chi connectivity index (χ4n) is 1.70. The van der Waals surface area contributed by atoms with Crippen LogP contribution in [0.2, 0.25) is 0 Å². The number of carbonyl (C=O) groups is 1. The summed E-state index contributed by atoms with van der Waals surface area (Å²) in [4.78, 5) is 11.0. The van der Waals surface area contributed by atoms with E-state index in [9.17, 15) is 4.79 Å². The summed E-state index contributed by atoms with van der Waals surface area (Å²) >= 11 is 0. The molecule has 0 fully saturated rings. The second kappa shape index (κ2) is 3.28. The summed E-state index contributed by atoms with van der Waals surface area (Å²) in [7, 11) is 0. The lowest BCUT2D eigenvalue weighted by atomic mass is 9.99. The molecule has 76 valence electrons. The van der Waals surface area contributed by atoms with Crippen LogP contribution in [0, 0.1) is 6.92 Å². The Labute approximate surface area is 87.1 Å². The maximum absolute atomic E-state index is 11.0. The quantitative estimate of drug-likeness (QED) is 0.696. The zero-order valence-electron chi connectivity index (χ0n) is 8.32. The van der Waals surface area contributed by atoms with Gasteiger partial charge in [-0.2, -0.15) is 0 Å². The molecule has 0 aliphatic heterocycles. The average Bonchev–Trinajstić information content (AvgIpc) is 2.23. The summed E-state index contributed by atoms with van der Waals surface area (Å²) in [5.41, 5.74) is 7.34. The third-order valence-electron chi connectivity index (χ3n) is 2.59. The molecule has 0 unspecified atom stereocenters. The normalized spacial score (nSPS) is 10.5. The van der Waals surface area contributed by atoms with Crippen molar-refractivity contribution < 1.29 is 9.90 Å². The van der Waals surface area contributed by atoms with Crippen LogP contribution in [-0.4, -0.2) is 11.1 Å². The standard InChI is InChI=1S/C12H11NO2/c1-7-10(12(14)15)6-8-4-2-3-5-9(8)11(7)13/h2-6H,13H2,1H3,(H,14,15). The van der Waals surface area contributed by atoms with Crippen LogP contribution in [0.1, 0.15) is 15.9 Å². The van der Waals surface area contributed by atoms with Crippen molar-refractivity contribution in [2.24, 2.45) is 0 Å². The second-order valence-electron chi connectivity index (χ2n) is 3.49. The van der Waals surface area contributed by atoms with Gasteiger partial charge < -0.3 is 10.8 Å². The van der Waals surface area contributed by atoms with Crippen LogP contribution in [0.15, 0.2) is 30.3 Å². The molecular weight excluding hydrogens is 190 g/mol. The first-order valence-electron chi connectivity index (χ1n) is 4.62. The maximum Gasteiger partial charge on any atom is 0.336 e. The third kappa shape index (κ3) is 1.42. The first kappa shape index (κ1) is 9.52. The molecule has 0 aromatic heterocycles. The number of rotatable bonds is 1. The van der Waals surface area contributed by atoms with E-state index in [1.165, 1.54) is 0 Å². The van der Waals surface area contributed by atoms with E-state index in [4.69, 9.17) is 10.8 Å². The van der Waals surface area contributed by atoms with Gasteiger partial charge in [0, 0.05) is 11.1 Å². The molecule has 0 saturated heterocycles. The van der Waals surface area contributed by atoms with Gasteiger partial charge >= 0.3 is 5.97 Å². The number of hydrogen-bond acceptors (Lipinski definition) is 2. The first-order valence-corrected chi connectivity index (χ1v) is 4.62. The number of benzene rings is 2. The summed E-state index contributed by atoms with van der Waals surface area (Å²) in [6, 6.07) is 9.16. The van der Waals surface area contributed by atoms with Gasteiger partial charge in [-0.3, -0.25) is 0 Å². The van der Waals surface area contributed by atoms with Crippen molar-refractivity contribution in [2.75, 3.05) is 5.73 Å². The van der Waals surface area contributed by atoms with E-state index >= 15 is 0 Å². The minimum absolute atomic E-state index is 0.270. The highest BCUT2D eigenvalue weighted by Gasteiger charge is 2.12. The Kier molecular flexibility index (Phi) is 2.08. The van der Waals surface area contributed by atoms with Gasteiger partial charge in [-0.05, 0) is 23.9 Å². The molecule has 2 aromatic rings. The van der Waals surface area contributed by atoms with Gasteiger partial charge in [-0.15, -0.1) is 0 Å². The maximum atomic E-state index is 11.0. The third-order valence-corrected chi connectivity index (χ3v) is 2.59. The van der Waals surface area contributed by atoms with Crippen LogP contribution in [-0.2, 0) is 0 Å². The number of nitrogen functional groups attached to an aromatic ring is 1. The highest BCUT2D eigenvalue weighted by Crippen LogP contribution is 2.27. The van der Waals surface area contributed by atoms with Gasteiger partial charge in [-0.25, -0.2) is 4.79 Å². The molecule has 2 aromatic carbocycles. The van der Waals surface area contributed by atoms with Gasteiger partial charge in [-0.1, -0.05) is 24.3 Å². The van der Waals surface area contributed by atoms with E-state index in [0.717, 1.165) is 10.8 Å². The van der Waals surface area contributed by atoms with Crippen molar-refractivity contribution in [2.45, 2.75) is 6.92 Å². The van der Waals surface area contributed by atoms with E-state index in [0.29, 0.717) is 11.3 Å². The summed E-state index contributed by atoms with van der Waals surface area (Å²) in [5.74, 6) is -0.940. The second-order valence-corrected chi connectivity index (χ2v) is 3.49. The van der Waals surface area contributed by atoms with Crippen LogP contribution in [0.5, 0.6) is 0 Å². The van der Waals surface area contributed by atoms with Gasteiger partial charge in [0.25, 0.3) is 0 Å². The molecule has 0 heterocycles. The molecule has 2 rings (SSSR count). The topological polar surface area (TPSA) is 63.3 Å². The number of aromatic carboxylic acids is 1. The molecule has 0 amide bonds. The summed E-state index contributed by atoms with van der Waals surface area (Å²) in [6.07, 6.45) is 0. The zero-order chi connectivity index (χ0) is 11.0. The van der Waals surface area contributed by atoms with Gasteiger partial charge in [0.2, 0.25) is 0 Å². The Balaban J connectivity index is 2.88. The summed E-state index contributed by atoms with van der Waals surface area (Å²) in [5, 5.41) is 10.8. The molecule has 0 spiro atoms. The first-order chi connectivity index (χ1) is 7.11. The van der Waals surface area contributed by atoms with Crippen LogP contribution in [0.4, 0.5) is 5.69 Å². The lowest BCUT2D eigenvalue weighted by Crippen LogP contribution is -2.03. The van der Waals surface area contributed by atoms with Crippen molar-refractivity contribution in [3.05, 3.63) is 41.5 Å². The monoisotopic (exact) mass is 201 g/mol. The molecule has 3 nitrogen and oxygen atoms in total. The fraction of sp³-hybridized carbons (Fsp3) is 0.0833. The molecule has 0 atom stereocenters. The van der Waals surface area contributed by atoms with Crippen molar-refractivity contribution in [3.8, 4) is 0 Å². The number of anilines is 1. The average molecular weight is 201 g/mol. The molecule has 0 radical (unpaired) electrons. The molecule has 0 bridgehead atoms. The summed E-state index contributed by atoms with van der Waals surface area (Å²) < 4.78 is 0. The lowest BCUT2D eigenvalue weighted by molar-refractivity contribution is 0.0696. The van der Waals surface area contributed by atoms with E-state index < -0.39 is 5.97 Å². The number of carboxylic acids is 1. The number of fused-ring (bicyclic) bond motifs is 1. The molecule has 15 heavy (non-hydrogen) atoms. The van der Waals surface area contributed by atoms with E-state index in [-0.39, 0.29) is 5.56 Å². The van der Waals surface area contributed by atoms with Gasteiger partial charge in [0.1, 0.15) is 0 Å². The minimum atomic E-state index is -0.940. The lowest BCUT2D eigenvalue weighted by Gasteiger charge is -2.08. The van der Waals surface area contributed by atoms with Gasteiger partial charge in [0.05, 0.1) is 5.56 Å². The predicted octanol–water partition coefficient (Wildman–Crippen LogP) is 2.43. The Morgan fingerprint density at radius 3 is 2.67 bits per heavy atom. The zero-order valence-corrected chi connectivity index (χ0v) is 8.32. The Bertz CT molecular complexity index is 547. The molecule has 0 aliphatic carbocycles. The molecule has 3 heteroatoms. The van der Waals surface area contributed by atoms with Gasteiger partial charge in [0.15, 0.2) is 0 Å². The fourth-order valence-corrected chi connectivity index (χ4v) is 1.70. The van der Waals surface area contributed by atoms with Crippen LogP contribution in [0.25, 0.3) is 10.8 Å². The van der Waals surface area contributed by atoms with Crippen LogP contribution in [0.3, 0.4) is 0 Å². The van der Waals surface area contributed by atoms with E-state index in [1.54, 1.807) is 13.0 Å². The van der Waals surface area contributed by atoms with Crippen molar-refractivity contribution >= 4 is 22.4 Å². The Morgan fingerprint density at radius 1 is 1.33 bits per heavy atom. The SMILES string of the molecule is Cc1c(C(=O)O)cc2ccccc2c1N. The van der Waals surface area contributed by atoms with Crippen LogP contribution < -0.4 is 5.73 Å². The van der Waals surface area contributed by atoms with E-state index in [2.05, 4.69) is 0 Å². The molecule has 0 saturated carbocycles. The summed E-state index contributed by atoms with van der Waals surface area (Å²) in [6.45, 7) is 1.73. The number of nitrogens with two attached hydrogens (primary N) is 1. The highest BCUT2D eigenvalue weighted by molar-refractivity contribution is 6.02. The van der Waals surface area contributed by atoms with Crippen molar-refractivity contribution in [1.82, 2.24) is 0 Å². The largest absolute Gasteiger partial charge is 0.478 e. The smallest absolute Gasteiger partial charge is 0.336 e. The molecular formula is C12H11NO2. The van der Waals surface area contributed by atoms with Crippen molar-refractivity contribution in [3.63, 3.8) is 0 Å².